The van der Waals surface area contributed by atoms with Crippen molar-refractivity contribution >= 4 is 29.0 Å². The van der Waals surface area contributed by atoms with Gasteiger partial charge in [-0.1, -0.05) is 0 Å². The first-order valence-electron chi connectivity index (χ1n) is 7.42. The highest BCUT2D eigenvalue weighted by Gasteiger charge is 2.30. The van der Waals surface area contributed by atoms with Gasteiger partial charge in [-0.25, -0.2) is 9.97 Å². The van der Waals surface area contributed by atoms with Crippen LogP contribution in [0.2, 0.25) is 0 Å². The summed E-state index contributed by atoms with van der Waals surface area (Å²) < 4.78 is 0. The average molecular weight is 297 g/mol. The summed E-state index contributed by atoms with van der Waals surface area (Å²) in [6.07, 6.45) is 1.70. The van der Waals surface area contributed by atoms with E-state index in [1.165, 1.54) is 0 Å². The van der Waals surface area contributed by atoms with Gasteiger partial charge in [-0.3, -0.25) is 4.79 Å². The lowest BCUT2D eigenvalue weighted by molar-refractivity contribution is 0.0994. The molecule has 0 saturated carbocycles. The number of hydrogen-bond donors (Lipinski definition) is 1. The molecule has 0 unspecified atom stereocenters. The van der Waals surface area contributed by atoms with Crippen molar-refractivity contribution in [3.05, 3.63) is 36.0 Å². The smallest absolute Gasteiger partial charge is 0.261 e. The van der Waals surface area contributed by atoms with Crippen LogP contribution in [0.15, 0.2) is 30.5 Å². The summed E-state index contributed by atoms with van der Waals surface area (Å²) in [5, 5.41) is 3.21. The Bertz CT molecular complexity index is 715. The molecule has 1 aliphatic heterocycles. The normalized spacial score (nSPS) is 13.5. The van der Waals surface area contributed by atoms with Crippen LogP contribution in [0.4, 0.5) is 23.1 Å². The molecule has 22 heavy (non-hydrogen) atoms. The Hall–Kier alpha value is -2.63. The number of amides is 1. The van der Waals surface area contributed by atoms with E-state index >= 15 is 0 Å². The summed E-state index contributed by atoms with van der Waals surface area (Å²) in [5.41, 5.74) is 1.38. The lowest BCUT2D eigenvalue weighted by Gasteiger charge is -2.23. The zero-order valence-corrected chi connectivity index (χ0v) is 13.0. The zero-order chi connectivity index (χ0) is 15.7. The van der Waals surface area contributed by atoms with Gasteiger partial charge >= 0.3 is 0 Å². The maximum absolute atomic E-state index is 12.7. The minimum absolute atomic E-state index is 0.0710. The SMILES string of the molecule is CCNc1ccc2c(n1)N(CC)c1ncccc1C(=O)N2C. The van der Waals surface area contributed by atoms with Crippen LogP contribution in [0.1, 0.15) is 24.2 Å². The molecule has 0 spiro atoms. The molecule has 0 aliphatic carbocycles. The van der Waals surface area contributed by atoms with E-state index in [9.17, 15) is 4.79 Å². The van der Waals surface area contributed by atoms with E-state index in [1.807, 2.05) is 30.9 Å². The molecule has 114 valence electrons. The number of carbonyl (C=O) groups is 1. The molecule has 0 fully saturated rings. The van der Waals surface area contributed by atoms with Crippen molar-refractivity contribution in [3.8, 4) is 0 Å². The van der Waals surface area contributed by atoms with Crippen molar-refractivity contribution in [2.75, 3.05) is 35.3 Å². The van der Waals surface area contributed by atoms with Gasteiger partial charge in [0.15, 0.2) is 5.82 Å². The largest absolute Gasteiger partial charge is 0.370 e. The first kappa shape index (κ1) is 14.3. The number of nitrogens with zero attached hydrogens (tertiary/aromatic N) is 4. The fourth-order valence-corrected chi connectivity index (χ4v) is 2.65. The summed E-state index contributed by atoms with van der Waals surface area (Å²) in [6.45, 7) is 5.53. The zero-order valence-electron chi connectivity index (χ0n) is 13.0. The average Bonchev–Trinajstić information content (AvgIpc) is 2.63. The van der Waals surface area contributed by atoms with Gasteiger partial charge in [0.25, 0.3) is 5.91 Å². The lowest BCUT2D eigenvalue weighted by atomic mass is 10.2. The Morgan fingerprint density at radius 1 is 1.18 bits per heavy atom. The van der Waals surface area contributed by atoms with Crippen LogP contribution in [0.25, 0.3) is 0 Å². The van der Waals surface area contributed by atoms with E-state index in [0.29, 0.717) is 17.9 Å². The second-order valence-corrected chi connectivity index (χ2v) is 5.05. The van der Waals surface area contributed by atoms with Crippen LogP contribution in [0.3, 0.4) is 0 Å². The van der Waals surface area contributed by atoms with E-state index in [1.54, 1.807) is 30.3 Å². The predicted octanol–water partition coefficient (Wildman–Crippen LogP) is 2.66. The van der Waals surface area contributed by atoms with Gasteiger partial charge in [0, 0.05) is 26.3 Å². The van der Waals surface area contributed by atoms with Crippen molar-refractivity contribution in [1.29, 1.82) is 0 Å². The number of aromatic nitrogens is 2. The molecule has 0 radical (unpaired) electrons. The maximum Gasteiger partial charge on any atom is 0.261 e. The first-order valence-corrected chi connectivity index (χ1v) is 7.42. The molecule has 6 heteroatoms. The Morgan fingerprint density at radius 3 is 2.73 bits per heavy atom. The topological polar surface area (TPSA) is 61.4 Å². The van der Waals surface area contributed by atoms with Crippen LogP contribution in [0, 0.1) is 0 Å². The van der Waals surface area contributed by atoms with Gasteiger partial charge in [0.2, 0.25) is 0 Å². The molecule has 3 rings (SSSR count). The summed E-state index contributed by atoms with van der Waals surface area (Å²) in [5.74, 6) is 2.12. The molecule has 0 atom stereocenters. The number of fused-ring (bicyclic) bond motifs is 2. The summed E-state index contributed by atoms with van der Waals surface area (Å²) in [7, 11) is 1.77. The Balaban J connectivity index is 2.23. The van der Waals surface area contributed by atoms with Gasteiger partial charge in [-0.2, -0.15) is 0 Å². The fourth-order valence-electron chi connectivity index (χ4n) is 2.65. The third-order valence-corrected chi connectivity index (χ3v) is 3.72. The van der Waals surface area contributed by atoms with Gasteiger partial charge < -0.3 is 15.1 Å². The molecular formula is C16H19N5O. The number of rotatable bonds is 3. The number of nitrogens with one attached hydrogen (secondary N) is 1. The minimum Gasteiger partial charge on any atom is -0.370 e. The van der Waals surface area contributed by atoms with Crippen molar-refractivity contribution < 1.29 is 4.79 Å². The van der Waals surface area contributed by atoms with E-state index in [2.05, 4.69) is 15.3 Å². The summed E-state index contributed by atoms with van der Waals surface area (Å²) in [6, 6.07) is 7.41. The maximum atomic E-state index is 12.7. The molecule has 1 aliphatic rings. The number of hydrogen-bond acceptors (Lipinski definition) is 5. The summed E-state index contributed by atoms with van der Waals surface area (Å²) >= 11 is 0. The first-order chi connectivity index (χ1) is 10.7. The van der Waals surface area contributed by atoms with E-state index in [4.69, 9.17) is 0 Å². The fraction of sp³-hybridized carbons (Fsp3) is 0.312. The molecular weight excluding hydrogens is 278 g/mol. The molecule has 1 amide bonds. The Kier molecular flexibility index (Phi) is 3.66. The highest BCUT2D eigenvalue weighted by Crippen LogP contribution is 2.38. The lowest BCUT2D eigenvalue weighted by Crippen LogP contribution is -2.25. The van der Waals surface area contributed by atoms with Crippen molar-refractivity contribution in [2.24, 2.45) is 0 Å². The van der Waals surface area contributed by atoms with Crippen molar-refractivity contribution in [3.63, 3.8) is 0 Å². The Morgan fingerprint density at radius 2 is 2.00 bits per heavy atom. The standard InChI is InChI=1S/C16H19N5O/c1-4-17-13-9-8-12-15(19-13)21(5-2)14-11(7-6-10-18-14)16(22)20(12)3/h6-10H,4-5H2,1-3H3,(H,17,19). The van der Waals surface area contributed by atoms with Crippen LogP contribution < -0.4 is 15.1 Å². The molecule has 6 nitrogen and oxygen atoms in total. The number of anilines is 4. The third-order valence-electron chi connectivity index (χ3n) is 3.72. The van der Waals surface area contributed by atoms with Crippen LogP contribution in [-0.4, -0.2) is 36.0 Å². The quantitative estimate of drug-likeness (QED) is 0.943. The molecule has 0 bridgehead atoms. The highest BCUT2D eigenvalue weighted by atomic mass is 16.2. The van der Waals surface area contributed by atoms with Crippen molar-refractivity contribution in [2.45, 2.75) is 13.8 Å². The third kappa shape index (κ3) is 2.16. The predicted molar refractivity (Wildman–Crippen MR) is 88.1 cm³/mol. The van der Waals surface area contributed by atoms with Gasteiger partial charge in [-0.05, 0) is 38.1 Å². The highest BCUT2D eigenvalue weighted by molar-refractivity contribution is 6.12. The summed E-state index contributed by atoms with van der Waals surface area (Å²) in [4.78, 5) is 25.4. The van der Waals surface area contributed by atoms with Crippen molar-refractivity contribution in [1.82, 2.24) is 9.97 Å². The van der Waals surface area contributed by atoms with Crippen LogP contribution in [-0.2, 0) is 0 Å². The van der Waals surface area contributed by atoms with E-state index in [0.717, 1.165) is 23.9 Å². The minimum atomic E-state index is -0.0710. The van der Waals surface area contributed by atoms with Gasteiger partial charge in [-0.15, -0.1) is 0 Å². The second-order valence-electron chi connectivity index (χ2n) is 5.05. The van der Waals surface area contributed by atoms with Gasteiger partial charge in [0.05, 0.1) is 11.3 Å². The number of carbonyl (C=O) groups excluding carboxylic acids is 1. The van der Waals surface area contributed by atoms with Crippen LogP contribution in [0.5, 0.6) is 0 Å². The molecule has 2 aromatic heterocycles. The molecule has 2 aromatic rings. The van der Waals surface area contributed by atoms with E-state index in [-0.39, 0.29) is 5.91 Å². The molecule has 1 N–H and O–H groups in total. The second kappa shape index (κ2) is 5.63. The molecule has 0 saturated heterocycles. The van der Waals surface area contributed by atoms with Crippen LogP contribution >= 0.6 is 0 Å². The molecule has 0 aromatic carbocycles. The van der Waals surface area contributed by atoms with Gasteiger partial charge in [0.1, 0.15) is 11.6 Å². The van der Waals surface area contributed by atoms with E-state index < -0.39 is 0 Å². The Labute approximate surface area is 129 Å². The number of pyridine rings is 2. The monoisotopic (exact) mass is 297 g/mol. The molecule has 3 heterocycles.